The van der Waals surface area contributed by atoms with Crippen molar-refractivity contribution in [1.29, 1.82) is 0 Å². The largest absolute Gasteiger partial charge is 0.508 e. The van der Waals surface area contributed by atoms with Crippen LogP contribution in [0.1, 0.15) is 21.5 Å². The lowest BCUT2D eigenvalue weighted by Gasteiger charge is -2.13. The molecule has 3 rings (SSSR count). The number of benzene rings is 2. The molecule has 1 aromatic heterocycles. The number of rotatable bonds is 4. The zero-order chi connectivity index (χ0) is 22.3. The number of hydrogen-bond acceptors (Lipinski definition) is 5. The molecule has 1 heterocycles. The Labute approximate surface area is 180 Å². The molecule has 8 heteroatoms. The molecule has 2 aromatic carbocycles. The van der Waals surface area contributed by atoms with Crippen molar-refractivity contribution in [2.24, 2.45) is 0 Å². The second kappa shape index (κ2) is 9.61. The zero-order valence-electron chi connectivity index (χ0n) is 16.5. The minimum atomic E-state index is -3.33. The number of amides is 2. The van der Waals surface area contributed by atoms with Crippen molar-refractivity contribution in [3.8, 4) is 17.6 Å². The van der Waals surface area contributed by atoms with Crippen molar-refractivity contribution in [3.05, 3.63) is 89.7 Å². The summed E-state index contributed by atoms with van der Waals surface area (Å²) in [7, 11) is -1.92. The molecular weight excluding hydrogens is 414 g/mol. The second-order valence-corrected chi connectivity index (χ2v) is 8.45. The van der Waals surface area contributed by atoms with Crippen LogP contribution < -0.4 is 10.0 Å². The van der Waals surface area contributed by atoms with Crippen molar-refractivity contribution >= 4 is 26.9 Å². The quantitative estimate of drug-likeness (QED) is 0.429. The Kier molecular flexibility index (Phi) is 6.70. The molecule has 0 radical (unpaired) electrons. The fraction of sp³-hybridized carbons (Fsp3) is 0.0435. The molecule has 1 atom stereocenters. The van der Waals surface area contributed by atoms with Gasteiger partial charge in [0.15, 0.2) is 0 Å². The van der Waals surface area contributed by atoms with Crippen LogP contribution in [0.15, 0.2) is 78.0 Å². The number of aromatic nitrogens is 1. The molecule has 0 saturated heterocycles. The third-order valence-electron chi connectivity index (χ3n) is 4.05. The molecule has 0 saturated carbocycles. The highest BCUT2D eigenvalue weighted by atomic mass is 32.2. The number of phenolic OH excluding ortho intramolecular Hbond substituents is 1. The Morgan fingerprint density at radius 2 is 1.74 bits per heavy atom. The maximum Gasteiger partial charge on any atom is 0.264 e. The monoisotopic (exact) mass is 433 g/mol. The molecule has 2 amide bonds. The number of hydrogen-bond donors (Lipinski definition) is 3. The summed E-state index contributed by atoms with van der Waals surface area (Å²) in [5, 5.41) is 12.9. The number of carbonyl (C=O) groups is 2. The molecule has 3 aromatic rings. The normalized spacial score (nSPS) is 11.9. The van der Waals surface area contributed by atoms with E-state index >= 15 is 0 Å². The first-order valence-electron chi connectivity index (χ1n) is 9.13. The summed E-state index contributed by atoms with van der Waals surface area (Å²) in [5.74, 6) is 4.60. The number of nitrogens with zero attached hydrogens (tertiary/aromatic N) is 1. The van der Waals surface area contributed by atoms with Gasteiger partial charge in [0, 0.05) is 30.6 Å². The molecule has 1 unspecified atom stereocenters. The molecule has 7 nitrogen and oxygen atoms in total. The molecule has 0 spiro atoms. The van der Waals surface area contributed by atoms with Gasteiger partial charge in [0.2, 0.25) is 0 Å². The SMILES string of the molecule is CNC(=O)C=S(=O)(NC(=O)c1cncc(C#Cc2cccc(O)c2)c1)c1ccccc1. The van der Waals surface area contributed by atoms with Gasteiger partial charge in [0.05, 0.1) is 25.5 Å². The summed E-state index contributed by atoms with van der Waals surface area (Å²) in [6.45, 7) is 0. The molecule has 0 fully saturated rings. The standard InChI is InChI=1S/C23H19N3O4S/c1-24-22(28)16-31(30,21-8-3-2-4-9-21)26-23(29)19-12-18(14-25-15-19)11-10-17-6-5-7-20(27)13-17/h2-9,12-16,27H,1H3,(H,24,28)(H,26,29,30). The summed E-state index contributed by atoms with van der Waals surface area (Å²) >= 11 is 0. The van der Waals surface area contributed by atoms with Gasteiger partial charge >= 0.3 is 0 Å². The smallest absolute Gasteiger partial charge is 0.264 e. The van der Waals surface area contributed by atoms with Gasteiger partial charge < -0.3 is 10.4 Å². The minimum Gasteiger partial charge on any atom is -0.508 e. The first-order chi connectivity index (χ1) is 14.9. The number of phenols is 1. The molecule has 31 heavy (non-hydrogen) atoms. The minimum absolute atomic E-state index is 0.0982. The summed E-state index contributed by atoms with van der Waals surface area (Å²) in [6.07, 6.45) is 2.80. The van der Waals surface area contributed by atoms with Gasteiger partial charge in [-0.1, -0.05) is 36.1 Å². The van der Waals surface area contributed by atoms with E-state index in [0.29, 0.717) is 16.0 Å². The molecule has 0 aliphatic rings. The third kappa shape index (κ3) is 5.72. The number of aromatic hydroxyl groups is 1. The van der Waals surface area contributed by atoms with Crippen LogP contribution in [0.25, 0.3) is 0 Å². The Balaban J connectivity index is 1.90. The van der Waals surface area contributed by atoms with Crippen LogP contribution in [0.4, 0.5) is 0 Å². The van der Waals surface area contributed by atoms with E-state index in [1.165, 1.54) is 37.6 Å². The van der Waals surface area contributed by atoms with Crippen molar-refractivity contribution in [1.82, 2.24) is 15.0 Å². The van der Waals surface area contributed by atoms with E-state index in [0.717, 1.165) is 5.37 Å². The molecule has 0 bridgehead atoms. The highest BCUT2D eigenvalue weighted by Gasteiger charge is 2.18. The molecule has 156 valence electrons. The van der Waals surface area contributed by atoms with E-state index in [1.54, 1.807) is 42.5 Å². The van der Waals surface area contributed by atoms with Crippen LogP contribution in [0.3, 0.4) is 0 Å². The van der Waals surface area contributed by atoms with Gasteiger partial charge in [-0.2, -0.15) is 0 Å². The lowest BCUT2D eigenvalue weighted by Crippen LogP contribution is -2.35. The van der Waals surface area contributed by atoms with Crippen LogP contribution in [-0.4, -0.2) is 38.5 Å². The van der Waals surface area contributed by atoms with Gasteiger partial charge in [-0.15, -0.1) is 0 Å². The van der Waals surface area contributed by atoms with E-state index in [4.69, 9.17) is 0 Å². The molecule has 0 aliphatic carbocycles. The van der Waals surface area contributed by atoms with E-state index in [2.05, 4.69) is 26.9 Å². The summed E-state index contributed by atoms with van der Waals surface area (Å²) in [5.41, 5.74) is 1.19. The highest BCUT2D eigenvalue weighted by molar-refractivity contribution is 8.01. The Bertz CT molecular complexity index is 1300. The fourth-order valence-electron chi connectivity index (χ4n) is 2.55. The Hall–Kier alpha value is -4.09. The number of carbonyl (C=O) groups excluding carboxylic acids is 2. The van der Waals surface area contributed by atoms with Gasteiger partial charge in [0.1, 0.15) is 5.75 Å². The maximum absolute atomic E-state index is 13.4. The maximum atomic E-state index is 13.4. The lowest BCUT2D eigenvalue weighted by atomic mass is 10.1. The van der Waals surface area contributed by atoms with Gasteiger partial charge in [-0.25, -0.2) is 4.21 Å². The first kappa shape index (κ1) is 21.6. The topological polar surface area (TPSA) is 108 Å². The van der Waals surface area contributed by atoms with E-state index in [9.17, 15) is 18.9 Å². The van der Waals surface area contributed by atoms with Gasteiger partial charge in [-0.05, 0) is 36.4 Å². The number of pyridine rings is 1. The van der Waals surface area contributed by atoms with Crippen molar-refractivity contribution in [3.63, 3.8) is 0 Å². The van der Waals surface area contributed by atoms with Crippen molar-refractivity contribution < 1.29 is 18.9 Å². The predicted octanol–water partition coefficient (Wildman–Crippen LogP) is 1.72. The van der Waals surface area contributed by atoms with Crippen molar-refractivity contribution in [2.45, 2.75) is 4.90 Å². The second-order valence-electron chi connectivity index (χ2n) is 6.34. The molecule has 0 aliphatic heterocycles. The van der Waals surface area contributed by atoms with Crippen LogP contribution in [-0.2, 0) is 14.5 Å². The van der Waals surface area contributed by atoms with E-state index in [-0.39, 0.29) is 11.3 Å². The lowest BCUT2D eigenvalue weighted by molar-refractivity contribution is -0.113. The number of nitrogens with one attached hydrogen (secondary N) is 2. The average Bonchev–Trinajstić information content (AvgIpc) is 2.78. The van der Waals surface area contributed by atoms with Crippen LogP contribution in [0.2, 0.25) is 0 Å². The summed E-state index contributed by atoms with van der Waals surface area (Å²) in [4.78, 5) is 29.0. The van der Waals surface area contributed by atoms with E-state index in [1.807, 2.05) is 0 Å². The molecule has 3 N–H and O–H groups in total. The third-order valence-corrected chi connectivity index (χ3v) is 6.06. The summed E-state index contributed by atoms with van der Waals surface area (Å²) in [6, 6.07) is 16.2. The average molecular weight is 433 g/mol. The molecular formula is C23H19N3O4S. The summed E-state index contributed by atoms with van der Waals surface area (Å²) < 4.78 is 15.9. The van der Waals surface area contributed by atoms with E-state index < -0.39 is 21.5 Å². The Morgan fingerprint density at radius 3 is 2.45 bits per heavy atom. The van der Waals surface area contributed by atoms with Crippen LogP contribution in [0.5, 0.6) is 5.75 Å². The predicted molar refractivity (Wildman–Crippen MR) is 119 cm³/mol. The van der Waals surface area contributed by atoms with Gasteiger partial charge in [0.25, 0.3) is 11.8 Å². The first-order valence-corrected chi connectivity index (χ1v) is 10.8. The van der Waals surface area contributed by atoms with Crippen LogP contribution >= 0.6 is 0 Å². The van der Waals surface area contributed by atoms with Crippen molar-refractivity contribution in [2.75, 3.05) is 7.05 Å². The van der Waals surface area contributed by atoms with Crippen LogP contribution in [0, 0.1) is 11.8 Å². The Morgan fingerprint density at radius 1 is 1.00 bits per heavy atom. The fourth-order valence-corrected chi connectivity index (χ4v) is 4.23. The zero-order valence-corrected chi connectivity index (χ0v) is 17.3. The highest BCUT2D eigenvalue weighted by Crippen LogP contribution is 2.12. The van der Waals surface area contributed by atoms with Gasteiger partial charge in [-0.3, -0.25) is 19.3 Å².